The van der Waals surface area contributed by atoms with Gasteiger partial charge in [-0.2, -0.15) is 0 Å². The van der Waals surface area contributed by atoms with Gasteiger partial charge in [0, 0.05) is 31.7 Å². The van der Waals surface area contributed by atoms with E-state index in [1.165, 1.54) is 12.0 Å². The summed E-state index contributed by atoms with van der Waals surface area (Å²) in [5.41, 5.74) is 1.62. The normalized spacial score (nSPS) is 18.6. The number of nitrogens with zero attached hydrogens (tertiary/aromatic N) is 2. The second-order valence-corrected chi connectivity index (χ2v) is 9.50. The van der Waals surface area contributed by atoms with E-state index < -0.39 is 5.60 Å². The molecule has 1 aromatic carbocycles. The Hall–Kier alpha value is -2.04. The number of likely N-dealkylation sites (tertiary alicyclic amines) is 2. The minimum Gasteiger partial charge on any atom is -0.444 e. The highest BCUT2D eigenvalue weighted by Gasteiger charge is 2.26. The Morgan fingerprint density at radius 3 is 2.34 bits per heavy atom. The maximum atomic E-state index is 12.7. The van der Waals surface area contributed by atoms with E-state index in [4.69, 9.17) is 4.74 Å². The van der Waals surface area contributed by atoms with Crippen LogP contribution in [0.3, 0.4) is 0 Å². The van der Waals surface area contributed by atoms with Crippen molar-refractivity contribution in [3.8, 4) is 0 Å². The molecule has 0 radical (unpaired) electrons. The van der Waals surface area contributed by atoms with Crippen LogP contribution in [0.4, 0.5) is 4.79 Å². The molecular weight excluding hydrogens is 364 g/mol. The molecule has 2 aliphatic rings. The third kappa shape index (κ3) is 6.48. The number of ether oxygens (including phenoxy) is 1. The molecule has 3 rings (SSSR count). The largest absolute Gasteiger partial charge is 0.444 e. The second kappa shape index (κ2) is 9.64. The van der Waals surface area contributed by atoms with Crippen LogP contribution >= 0.6 is 0 Å². The first-order valence-corrected chi connectivity index (χ1v) is 11.2. The van der Waals surface area contributed by atoms with Gasteiger partial charge >= 0.3 is 6.09 Å². The molecule has 2 aliphatic heterocycles. The summed E-state index contributed by atoms with van der Waals surface area (Å²) in [7, 11) is 0. The lowest BCUT2D eigenvalue weighted by molar-refractivity contribution is 0.0181. The molecule has 160 valence electrons. The number of piperidine rings is 2. The van der Waals surface area contributed by atoms with E-state index in [0.29, 0.717) is 5.92 Å². The van der Waals surface area contributed by atoms with Gasteiger partial charge in [0.2, 0.25) is 0 Å². The highest BCUT2D eigenvalue weighted by atomic mass is 16.6. The molecule has 5 heteroatoms. The van der Waals surface area contributed by atoms with Crippen LogP contribution in [0, 0.1) is 5.92 Å². The van der Waals surface area contributed by atoms with Crippen molar-refractivity contribution in [1.82, 2.24) is 9.80 Å². The van der Waals surface area contributed by atoms with Crippen molar-refractivity contribution < 1.29 is 14.3 Å². The first-order valence-electron chi connectivity index (χ1n) is 11.2. The molecule has 2 fully saturated rings. The van der Waals surface area contributed by atoms with E-state index >= 15 is 0 Å². The van der Waals surface area contributed by atoms with Crippen LogP contribution < -0.4 is 0 Å². The van der Waals surface area contributed by atoms with Crippen LogP contribution in [0.5, 0.6) is 0 Å². The zero-order chi connectivity index (χ0) is 20.9. The molecule has 29 heavy (non-hydrogen) atoms. The minimum absolute atomic E-state index is 0.178. The quantitative estimate of drug-likeness (QED) is 0.723. The molecule has 1 aromatic rings. The maximum absolute atomic E-state index is 12.7. The van der Waals surface area contributed by atoms with Crippen LogP contribution in [0.1, 0.15) is 75.2 Å². The van der Waals surface area contributed by atoms with E-state index in [1.54, 1.807) is 0 Å². The summed E-state index contributed by atoms with van der Waals surface area (Å²) in [5.74, 6) is 0.798. The predicted octanol–water partition coefficient (Wildman–Crippen LogP) is 4.89. The molecular formula is C24H36N2O3. The number of rotatable bonds is 4. The molecule has 0 spiro atoms. The van der Waals surface area contributed by atoms with Gasteiger partial charge in [-0.05, 0) is 89.3 Å². The van der Waals surface area contributed by atoms with E-state index in [2.05, 4.69) is 12.1 Å². The molecule has 0 aliphatic carbocycles. The lowest BCUT2D eigenvalue weighted by Crippen LogP contribution is -2.41. The van der Waals surface area contributed by atoms with Gasteiger partial charge in [-0.3, -0.25) is 4.79 Å². The van der Waals surface area contributed by atoms with Crippen molar-refractivity contribution in [3.63, 3.8) is 0 Å². The zero-order valence-electron chi connectivity index (χ0n) is 18.3. The number of benzene rings is 1. The predicted molar refractivity (Wildman–Crippen MR) is 115 cm³/mol. The fraction of sp³-hybridized carbons (Fsp3) is 0.667. The van der Waals surface area contributed by atoms with Crippen LogP contribution in [-0.2, 0) is 11.2 Å². The SMILES string of the molecule is CC(C)(C)OC(=O)N1CCC(CCc2cccc(C(=O)N3CCCCC3)c2)CC1. The van der Waals surface area contributed by atoms with Gasteiger partial charge in [0.15, 0.2) is 0 Å². The number of aryl methyl sites for hydroxylation is 1. The topological polar surface area (TPSA) is 49.9 Å². The summed E-state index contributed by atoms with van der Waals surface area (Å²) >= 11 is 0. The van der Waals surface area contributed by atoms with Gasteiger partial charge in [0.1, 0.15) is 5.60 Å². The maximum Gasteiger partial charge on any atom is 0.410 e. The Labute approximate surface area is 175 Å². The summed E-state index contributed by atoms with van der Waals surface area (Å²) in [6, 6.07) is 8.16. The molecule has 0 N–H and O–H groups in total. The second-order valence-electron chi connectivity index (χ2n) is 9.50. The molecule has 0 bridgehead atoms. The van der Waals surface area contributed by atoms with E-state index in [9.17, 15) is 9.59 Å². The van der Waals surface area contributed by atoms with Crippen LogP contribution in [0.15, 0.2) is 24.3 Å². The van der Waals surface area contributed by atoms with Crippen LogP contribution in [-0.4, -0.2) is 53.6 Å². The van der Waals surface area contributed by atoms with Gasteiger partial charge in [-0.1, -0.05) is 12.1 Å². The summed E-state index contributed by atoms with van der Waals surface area (Å²) in [5, 5.41) is 0. The third-order valence-electron chi connectivity index (χ3n) is 5.92. The molecule has 0 unspecified atom stereocenters. The van der Waals surface area contributed by atoms with Gasteiger partial charge in [0.05, 0.1) is 0 Å². The first kappa shape index (κ1) is 21.7. The highest BCUT2D eigenvalue weighted by Crippen LogP contribution is 2.24. The van der Waals surface area contributed by atoms with Crippen LogP contribution in [0.2, 0.25) is 0 Å². The Kier molecular flexibility index (Phi) is 7.20. The number of carbonyl (C=O) groups excluding carboxylic acids is 2. The molecule has 0 aromatic heterocycles. The molecule has 5 nitrogen and oxygen atoms in total. The smallest absolute Gasteiger partial charge is 0.410 e. The number of hydrogen-bond donors (Lipinski definition) is 0. The number of carbonyl (C=O) groups is 2. The van der Waals surface area contributed by atoms with Gasteiger partial charge in [-0.25, -0.2) is 4.79 Å². The van der Waals surface area contributed by atoms with Crippen molar-refractivity contribution in [2.24, 2.45) is 5.92 Å². The fourth-order valence-corrected chi connectivity index (χ4v) is 4.24. The summed E-state index contributed by atoms with van der Waals surface area (Å²) in [6.07, 6.45) is 7.40. The van der Waals surface area contributed by atoms with Crippen LogP contribution in [0.25, 0.3) is 0 Å². The molecule has 2 heterocycles. The van der Waals surface area contributed by atoms with Crippen molar-refractivity contribution >= 4 is 12.0 Å². The van der Waals surface area contributed by atoms with Crippen molar-refractivity contribution in [2.45, 2.75) is 71.3 Å². The Morgan fingerprint density at radius 2 is 1.69 bits per heavy atom. The lowest BCUT2D eigenvalue weighted by Gasteiger charge is -2.33. The van der Waals surface area contributed by atoms with Gasteiger partial charge < -0.3 is 14.5 Å². The molecule has 0 saturated carbocycles. The number of amides is 2. The average Bonchev–Trinajstić information content (AvgIpc) is 2.72. The van der Waals surface area contributed by atoms with Crippen molar-refractivity contribution in [2.75, 3.05) is 26.2 Å². The fourth-order valence-electron chi connectivity index (χ4n) is 4.24. The summed E-state index contributed by atoms with van der Waals surface area (Å²) < 4.78 is 5.48. The molecule has 2 amide bonds. The molecule has 0 atom stereocenters. The summed E-state index contributed by atoms with van der Waals surface area (Å²) in [4.78, 5) is 28.8. The first-order chi connectivity index (χ1) is 13.8. The lowest BCUT2D eigenvalue weighted by atomic mass is 9.90. The third-order valence-corrected chi connectivity index (χ3v) is 5.92. The standard InChI is InChI=1S/C24H36N2O3/c1-24(2,3)29-23(28)26-16-12-19(13-17-26)10-11-20-8-7-9-21(18-20)22(27)25-14-5-4-6-15-25/h7-9,18-19H,4-6,10-17H2,1-3H3. The van der Waals surface area contributed by atoms with Gasteiger partial charge in [-0.15, -0.1) is 0 Å². The highest BCUT2D eigenvalue weighted by molar-refractivity contribution is 5.94. The Balaban J connectivity index is 1.46. The average molecular weight is 401 g/mol. The Bertz CT molecular complexity index is 696. The van der Waals surface area contributed by atoms with E-state index in [-0.39, 0.29) is 12.0 Å². The Morgan fingerprint density at radius 1 is 1.00 bits per heavy atom. The van der Waals surface area contributed by atoms with Crippen molar-refractivity contribution in [3.05, 3.63) is 35.4 Å². The van der Waals surface area contributed by atoms with E-state index in [0.717, 1.165) is 70.3 Å². The van der Waals surface area contributed by atoms with Gasteiger partial charge in [0.25, 0.3) is 5.91 Å². The van der Waals surface area contributed by atoms with E-state index in [1.807, 2.05) is 42.7 Å². The number of hydrogen-bond acceptors (Lipinski definition) is 3. The van der Waals surface area contributed by atoms with Crippen molar-refractivity contribution in [1.29, 1.82) is 0 Å². The zero-order valence-corrected chi connectivity index (χ0v) is 18.3. The monoisotopic (exact) mass is 400 g/mol. The summed E-state index contributed by atoms with van der Waals surface area (Å²) in [6.45, 7) is 9.03. The molecule has 2 saturated heterocycles. The minimum atomic E-state index is -0.440.